The van der Waals surface area contributed by atoms with Crippen molar-refractivity contribution in [1.29, 1.82) is 0 Å². The molecular formula is C32H44N6O3. The second-order valence-electron chi connectivity index (χ2n) is 13.5. The molecule has 1 aliphatic carbocycles. The number of carbonyl (C=O) groups is 3. The maximum absolute atomic E-state index is 13.0. The standard InChI is InChI=1S/C32H44N6O3/c1-36-27-18-23(2-3-25(27)29(35-36)26-4-5-28(39)34-30(26)40)21-8-14-37(15-9-21)24-19-32(20-24)10-16-38(17-11-32)31(41)22-6-12-33-13-7-22/h2-3,18,21-22,24,26,33H,4-17,19-20H2,1H3,(H,34,39,40). The van der Waals surface area contributed by atoms with E-state index < -0.39 is 0 Å². The van der Waals surface area contributed by atoms with Crippen LogP contribution in [0.4, 0.5) is 0 Å². The molecule has 0 bridgehead atoms. The van der Waals surface area contributed by atoms with Crippen LogP contribution >= 0.6 is 0 Å². The molecule has 220 valence electrons. The quantitative estimate of drug-likeness (QED) is 0.558. The van der Waals surface area contributed by atoms with E-state index in [0.29, 0.717) is 36.1 Å². The van der Waals surface area contributed by atoms with Crippen molar-refractivity contribution in [3.63, 3.8) is 0 Å². The van der Waals surface area contributed by atoms with E-state index in [2.05, 4.69) is 38.6 Å². The van der Waals surface area contributed by atoms with Gasteiger partial charge in [-0.05, 0) is 107 Å². The Labute approximate surface area is 242 Å². The summed E-state index contributed by atoms with van der Waals surface area (Å²) in [5.41, 5.74) is 3.69. The van der Waals surface area contributed by atoms with Gasteiger partial charge in [0.05, 0.1) is 17.1 Å². The lowest BCUT2D eigenvalue weighted by molar-refractivity contribution is -0.141. The summed E-state index contributed by atoms with van der Waals surface area (Å²) in [5.74, 6) is 0.414. The van der Waals surface area contributed by atoms with Gasteiger partial charge in [-0.15, -0.1) is 0 Å². The maximum atomic E-state index is 13.0. The highest BCUT2D eigenvalue weighted by molar-refractivity contribution is 6.02. The number of aryl methyl sites for hydroxylation is 1. The molecule has 1 spiro atoms. The predicted molar refractivity (Wildman–Crippen MR) is 156 cm³/mol. The Hall–Kier alpha value is -2.78. The second-order valence-corrected chi connectivity index (χ2v) is 13.5. The van der Waals surface area contributed by atoms with E-state index in [-0.39, 0.29) is 23.7 Å². The van der Waals surface area contributed by atoms with Gasteiger partial charge in [0.15, 0.2) is 0 Å². The van der Waals surface area contributed by atoms with Crippen LogP contribution in [0.15, 0.2) is 18.2 Å². The van der Waals surface area contributed by atoms with E-state index in [4.69, 9.17) is 5.10 Å². The molecule has 41 heavy (non-hydrogen) atoms. The second kappa shape index (κ2) is 10.8. The molecule has 5 fully saturated rings. The van der Waals surface area contributed by atoms with Crippen molar-refractivity contribution in [3.8, 4) is 0 Å². The minimum Gasteiger partial charge on any atom is -0.342 e. The third kappa shape index (κ3) is 5.09. The van der Waals surface area contributed by atoms with Crippen LogP contribution in [-0.2, 0) is 21.4 Å². The molecule has 5 aliphatic rings. The first-order chi connectivity index (χ1) is 19.9. The fraction of sp³-hybridized carbons (Fsp3) is 0.688. The number of benzene rings is 1. The number of carbonyl (C=O) groups excluding carboxylic acids is 3. The molecule has 2 aromatic rings. The summed E-state index contributed by atoms with van der Waals surface area (Å²) < 4.78 is 1.89. The summed E-state index contributed by atoms with van der Waals surface area (Å²) in [6.45, 7) is 6.18. The lowest BCUT2D eigenvalue weighted by atomic mass is 9.59. The van der Waals surface area contributed by atoms with Crippen molar-refractivity contribution >= 4 is 28.6 Å². The number of likely N-dealkylation sites (tertiary alicyclic amines) is 2. The summed E-state index contributed by atoms with van der Waals surface area (Å²) in [6.07, 6.45) is 10.2. The zero-order valence-electron chi connectivity index (χ0n) is 24.4. The Kier molecular flexibility index (Phi) is 7.14. The van der Waals surface area contributed by atoms with Gasteiger partial charge in [-0.25, -0.2) is 0 Å². The smallest absolute Gasteiger partial charge is 0.235 e. The van der Waals surface area contributed by atoms with Gasteiger partial charge in [-0.2, -0.15) is 5.10 Å². The van der Waals surface area contributed by atoms with Crippen LogP contribution in [0.5, 0.6) is 0 Å². The molecule has 1 aromatic carbocycles. The first-order valence-corrected chi connectivity index (χ1v) is 15.9. The Morgan fingerprint density at radius 1 is 0.976 bits per heavy atom. The van der Waals surface area contributed by atoms with Crippen LogP contribution in [0, 0.1) is 11.3 Å². The molecule has 1 aromatic heterocycles. The number of rotatable bonds is 4. The molecule has 4 saturated heterocycles. The Bertz CT molecular complexity index is 1320. The fourth-order valence-electron chi connectivity index (χ4n) is 8.50. The molecule has 1 unspecified atom stereocenters. The molecule has 1 atom stereocenters. The van der Waals surface area contributed by atoms with E-state index in [9.17, 15) is 14.4 Å². The molecule has 3 amide bonds. The average molecular weight is 561 g/mol. The minimum atomic E-state index is -0.363. The van der Waals surface area contributed by atoms with Crippen LogP contribution in [-0.4, -0.2) is 82.6 Å². The number of aromatic nitrogens is 2. The highest BCUT2D eigenvalue weighted by Gasteiger charge is 2.49. The SMILES string of the molecule is Cn1nc(C2CCC(=O)NC2=O)c2ccc(C3CCN(C4CC5(CCN(C(=O)C6CCNCC6)CC5)C4)CC3)cc21. The Balaban J connectivity index is 0.920. The van der Waals surface area contributed by atoms with Crippen molar-refractivity contribution in [3.05, 3.63) is 29.5 Å². The van der Waals surface area contributed by atoms with Gasteiger partial charge in [-0.3, -0.25) is 24.4 Å². The maximum Gasteiger partial charge on any atom is 0.235 e. The van der Waals surface area contributed by atoms with Gasteiger partial charge in [0.25, 0.3) is 0 Å². The molecule has 5 heterocycles. The summed E-state index contributed by atoms with van der Waals surface area (Å²) >= 11 is 0. The molecule has 9 heteroatoms. The highest BCUT2D eigenvalue weighted by atomic mass is 16.2. The number of nitrogens with zero attached hydrogens (tertiary/aromatic N) is 4. The Morgan fingerprint density at radius 2 is 1.71 bits per heavy atom. The van der Waals surface area contributed by atoms with Crippen LogP contribution in [0.1, 0.15) is 87.3 Å². The molecule has 2 N–H and O–H groups in total. The largest absolute Gasteiger partial charge is 0.342 e. The molecule has 4 aliphatic heterocycles. The normalized spacial score (nSPS) is 26.9. The van der Waals surface area contributed by atoms with Gasteiger partial charge in [0, 0.05) is 43.9 Å². The van der Waals surface area contributed by atoms with Gasteiger partial charge < -0.3 is 15.1 Å². The van der Waals surface area contributed by atoms with E-state index >= 15 is 0 Å². The summed E-state index contributed by atoms with van der Waals surface area (Å²) in [6, 6.07) is 7.35. The first kappa shape index (κ1) is 27.1. The van der Waals surface area contributed by atoms with Crippen molar-refractivity contribution in [2.75, 3.05) is 39.3 Å². The van der Waals surface area contributed by atoms with Crippen molar-refractivity contribution in [1.82, 2.24) is 30.2 Å². The van der Waals surface area contributed by atoms with Crippen molar-refractivity contribution in [2.24, 2.45) is 18.4 Å². The number of hydrogen-bond donors (Lipinski definition) is 2. The lowest BCUT2D eigenvalue weighted by Crippen LogP contribution is -2.57. The predicted octanol–water partition coefficient (Wildman–Crippen LogP) is 3.04. The van der Waals surface area contributed by atoms with Gasteiger partial charge in [-0.1, -0.05) is 12.1 Å². The zero-order chi connectivity index (χ0) is 28.1. The van der Waals surface area contributed by atoms with Gasteiger partial charge in [0.2, 0.25) is 17.7 Å². The molecule has 9 nitrogen and oxygen atoms in total. The van der Waals surface area contributed by atoms with E-state index in [1.165, 1.54) is 44.1 Å². The number of hydrogen-bond acceptors (Lipinski definition) is 6. The molecule has 0 radical (unpaired) electrons. The summed E-state index contributed by atoms with van der Waals surface area (Å²) in [7, 11) is 1.95. The summed E-state index contributed by atoms with van der Waals surface area (Å²) in [5, 5.41) is 11.6. The number of nitrogens with one attached hydrogen (secondary N) is 2. The van der Waals surface area contributed by atoms with E-state index in [1.54, 1.807) is 0 Å². The lowest BCUT2D eigenvalue weighted by Gasteiger charge is -2.56. The Morgan fingerprint density at radius 3 is 2.41 bits per heavy atom. The average Bonchev–Trinajstić information content (AvgIpc) is 3.31. The fourth-order valence-corrected chi connectivity index (χ4v) is 8.50. The van der Waals surface area contributed by atoms with Crippen molar-refractivity contribution in [2.45, 2.75) is 82.1 Å². The first-order valence-electron chi connectivity index (χ1n) is 15.9. The zero-order valence-corrected chi connectivity index (χ0v) is 24.4. The molecular weight excluding hydrogens is 516 g/mol. The number of imide groups is 1. The minimum absolute atomic E-state index is 0.193. The van der Waals surface area contributed by atoms with Crippen LogP contribution in [0.25, 0.3) is 10.9 Å². The monoisotopic (exact) mass is 560 g/mol. The number of fused-ring (bicyclic) bond motifs is 1. The van der Waals surface area contributed by atoms with Crippen molar-refractivity contribution < 1.29 is 14.4 Å². The number of amides is 3. The molecule has 1 saturated carbocycles. The third-order valence-corrected chi connectivity index (χ3v) is 11.2. The topological polar surface area (TPSA) is 99.6 Å². The number of piperidine rings is 4. The van der Waals surface area contributed by atoms with Gasteiger partial charge in [0.1, 0.15) is 0 Å². The summed E-state index contributed by atoms with van der Waals surface area (Å²) in [4.78, 5) is 42.0. The van der Waals surface area contributed by atoms with E-state index in [1.807, 2.05) is 11.7 Å². The van der Waals surface area contributed by atoms with Crippen LogP contribution in [0.2, 0.25) is 0 Å². The van der Waals surface area contributed by atoms with Crippen LogP contribution < -0.4 is 10.6 Å². The third-order valence-electron chi connectivity index (χ3n) is 11.2. The highest BCUT2D eigenvalue weighted by Crippen LogP contribution is 2.52. The molecule has 7 rings (SSSR count). The van der Waals surface area contributed by atoms with Crippen LogP contribution in [0.3, 0.4) is 0 Å². The van der Waals surface area contributed by atoms with E-state index in [0.717, 1.165) is 68.7 Å². The van der Waals surface area contributed by atoms with Gasteiger partial charge >= 0.3 is 0 Å².